The number of aliphatic imine (C=N–C) groups is 1. The molecule has 1 aromatic carbocycles. The molecule has 0 saturated heterocycles. The molecule has 1 aromatic rings. The summed E-state index contributed by atoms with van der Waals surface area (Å²) in [5.41, 5.74) is 12.5. The molecule has 0 spiro atoms. The Morgan fingerprint density at radius 3 is 2.50 bits per heavy atom. The molecule has 1 aliphatic heterocycles. The number of aryl methyl sites for hydroxylation is 1. The van der Waals surface area contributed by atoms with Gasteiger partial charge in [0, 0.05) is 5.56 Å². The Balaban J connectivity index is 2.67. The quantitative estimate of drug-likeness (QED) is 0.581. The summed E-state index contributed by atoms with van der Waals surface area (Å²) in [6, 6.07) is 3.00. The van der Waals surface area contributed by atoms with Crippen LogP contribution in [0.4, 0.5) is 0 Å². The van der Waals surface area contributed by atoms with E-state index in [9.17, 15) is 13.2 Å². The molecule has 1 amide bonds. The van der Waals surface area contributed by atoms with Crippen molar-refractivity contribution in [2.75, 3.05) is 5.75 Å². The molecule has 0 unspecified atom stereocenters. The third-order valence-electron chi connectivity index (χ3n) is 2.97. The number of benzene rings is 1. The summed E-state index contributed by atoms with van der Waals surface area (Å²) in [6.45, 7) is 3.47. The van der Waals surface area contributed by atoms with Crippen LogP contribution in [0.1, 0.15) is 28.4 Å². The van der Waals surface area contributed by atoms with Crippen LogP contribution >= 0.6 is 0 Å². The van der Waals surface area contributed by atoms with Crippen molar-refractivity contribution in [3.05, 3.63) is 34.4 Å². The second-order valence-electron chi connectivity index (χ2n) is 4.80. The number of nitrogens with zero attached hydrogens (tertiary/aromatic N) is 1. The molecule has 0 bridgehead atoms. The Labute approximate surface area is 117 Å². The molecule has 106 valence electrons. The number of sulfone groups is 1. The third kappa shape index (κ3) is 2.57. The van der Waals surface area contributed by atoms with E-state index in [-0.39, 0.29) is 22.2 Å². The highest BCUT2D eigenvalue weighted by Crippen LogP contribution is 2.29. The van der Waals surface area contributed by atoms with Crippen LogP contribution in [0.25, 0.3) is 6.08 Å². The van der Waals surface area contributed by atoms with Gasteiger partial charge in [0.25, 0.3) is 5.91 Å². The number of carbonyl (C=O) groups excluding carboxylic acids is 1. The molecule has 0 saturated carbocycles. The molecule has 6 nitrogen and oxygen atoms in total. The zero-order valence-electron chi connectivity index (χ0n) is 11.2. The molecule has 20 heavy (non-hydrogen) atoms. The summed E-state index contributed by atoms with van der Waals surface area (Å²) in [5.74, 6) is -1.04. The maximum atomic E-state index is 12.2. The van der Waals surface area contributed by atoms with Gasteiger partial charge in [0.15, 0.2) is 15.8 Å². The normalized spacial score (nSPS) is 16.0. The first-order chi connectivity index (χ1) is 9.20. The summed E-state index contributed by atoms with van der Waals surface area (Å²) in [5, 5.41) is 0. The topological polar surface area (TPSA) is 116 Å². The summed E-state index contributed by atoms with van der Waals surface area (Å²) < 4.78 is 24.3. The van der Waals surface area contributed by atoms with E-state index in [4.69, 9.17) is 11.5 Å². The molecular weight excluding hydrogens is 278 g/mol. The number of hydrogen-bond acceptors (Lipinski definition) is 3. The SMILES string of the molecule is CC1=Cc2cc(C)c(C(=O)N=C(N)N)cc2S(=O)(=O)C1. The van der Waals surface area contributed by atoms with Gasteiger partial charge in [0.1, 0.15) is 0 Å². The van der Waals surface area contributed by atoms with Gasteiger partial charge in [-0.25, -0.2) is 8.42 Å². The summed E-state index contributed by atoms with van der Waals surface area (Å²) in [4.78, 5) is 15.5. The maximum Gasteiger partial charge on any atom is 0.280 e. The Morgan fingerprint density at radius 2 is 1.90 bits per heavy atom. The van der Waals surface area contributed by atoms with Gasteiger partial charge in [0.05, 0.1) is 10.6 Å². The van der Waals surface area contributed by atoms with Gasteiger partial charge < -0.3 is 11.5 Å². The number of nitrogens with two attached hydrogens (primary N) is 2. The van der Waals surface area contributed by atoms with Crippen molar-refractivity contribution in [2.45, 2.75) is 18.7 Å². The monoisotopic (exact) mass is 293 g/mol. The maximum absolute atomic E-state index is 12.2. The number of amides is 1. The predicted octanol–water partition coefficient (Wildman–Crippen LogP) is 0.599. The van der Waals surface area contributed by atoms with Crippen LogP contribution < -0.4 is 11.5 Å². The first-order valence-corrected chi connectivity index (χ1v) is 7.54. The minimum Gasteiger partial charge on any atom is -0.370 e. The fourth-order valence-electron chi connectivity index (χ4n) is 2.19. The van der Waals surface area contributed by atoms with Gasteiger partial charge in [-0.2, -0.15) is 4.99 Å². The Bertz CT molecular complexity index is 757. The summed E-state index contributed by atoms with van der Waals surface area (Å²) >= 11 is 0. The van der Waals surface area contributed by atoms with Crippen molar-refractivity contribution >= 4 is 27.8 Å². The van der Waals surface area contributed by atoms with Crippen molar-refractivity contribution < 1.29 is 13.2 Å². The predicted molar refractivity (Wildman–Crippen MR) is 77.0 cm³/mol. The lowest BCUT2D eigenvalue weighted by atomic mass is 10.0. The van der Waals surface area contributed by atoms with E-state index in [0.717, 1.165) is 5.57 Å². The van der Waals surface area contributed by atoms with Gasteiger partial charge in [-0.1, -0.05) is 11.6 Å². The van der Waals surface area contributed by atoms with Crippen molar-refractivity contribution in [2.24, 2.45) is 16.5 Å². The van der Waals surface area contributed by atoms with E-state index in [1.165, 1.54) is 6.07 Å². The largest absolute Gasteiger partial charge is 0.370 e. The lowest BCUT2D eigenvalue weighted by Crippen LogP contribution is -2.24. The highest BCUT2D eigenvalue weighted by Gasteiger charge is 2.25. The Hall–Kier alpha value is -2.15. The fourth-order valence-corrected chi connectivity index (χ4v) is 3.80. The molecule has 1 aliphatic rings. The first-order valence-electron chi connectivity index (χ1n) is 5.89. The van der Waals surface area contributed by atoms with E-state index in [1.807, 2.05) is 0 Å². The molecule has 2 rings (SSSR count). The first kappa shape index (κ1) is 14.3. The van der Waals surface area contributed by atoms with Crippen LogP contribution in [-0.4, -0.2) is 26.0 Å². The summed E-state index contributed by atoms with van der Waals surface area (Å²) in [7, 11) is -3.42. The average molecular weight is 293 g/mol. The standard InChI is InChI=1S/C13H15N3O3S/c1-7-3-9-4-8(2)10(12(17)16-13(14)15)5-11(9)20(18,19)6-7/h3-5H,6H2,1-2H3,(H4,14,15,16,17). The number of hydrogen-bond donors (Lipinski definition) is 2. The van der Waals surface area contributed by atoms with E-state index in [2.05, 4.69) is 4.99 Å². The molecule has 0 radical (unpaired) electrons. The van der Waals surface area contributed by atoms with Gasteiger partial charge in [-0.15, -0.1) is 0 Å². The van der Waals surface area contributed by atoms with Crippen LogP contribution in [0.5, 0.6) is 0 Å². The van der Waals surface area contributed by atoms with E-state index >= 15 is 0 Å². The molecule has 0 fully saturated rings. The zero-order chi connectivity index (χ0) is 15.1. The van der Waals surface area contributed by atoms with E-state index in [0.29, 0.717) is 11.1 Å². The van der Waals surface area contributed by atoms with E-state index in [1.54, 1.807) is 26.0 Å². The number of rotatable bonds is 1. The van der Waals surface area contributed by atoms with Crippen LogP contribution in [0.3, 0.4) is 0 Å². The molecular formula is C13H15N3O3S. The molecule has 0 atom stereocenters. The number of carbonyl (C=O) groups is 1. The second-order valence-corrected chi connectivity index (χ2v) is 6.75. The molecule has 1 heterocycles. The van der Waals surface area contributed by atoms with Crippen LogP contribution in [0.15, 0.2) is 27.6 Å². The van der Waals surface area contributed by atoms with Crippen LogP contribution in [0, 0.1) is 6.92 Å². The smallest absolute Gasteiger partial charge is 0.280 e. The molecule has 7 heteroatoms. The van der Waals surface area contributed by atoms with Gasteiger partial charge >= 0.3 is 0 Å². The zero-order valence-corrected chi connectivity index (χ0v) is 12.0. The average Bonchev–Trinajstić information content (AvgIpc) is 2.24. The van der Waals surface area contributed by atoms with Gasteiger partial charge in [-0.3, -0.25) is 4.79 Å². The molecule has 0 aromatic heterocycles. The van der Waals surface area contributed by atoms with Gasteiger partial charge in [0.2, 0.25) is 0 Å². The summed E-state index contributed by atoms with van der Waals surface area (Å²) in [6.07, 6.45) is 1.80. The third-order valence-corrected chi connectivity index (χ3v) is 4.83. The van der Waals surface area contributed by atoms with Gasteiger partial charge in [-0.05, 0) is 37.1 Å². The second kappa shape index (κ2) is 4.75. The minimum absolute atomic E-state index is 0.0427. The highest BCUT2D eigenvalue weighted by atomic mass is 32.2. The molecule has 4 N–H and O–H groups in total. The molecule has 0 aliphatic carbocycles. The number of fused-ring (bicyclic) bond motifs is 1. The van der Waals surface area contributed by atoms with Crippen molar-refractivity contribution in [1.29, 1.82) is 0 Å². The fraction of sp³-hybridized carbons (Fsp3) is 0.231. The van der Waals surface area contributed by atoms with Crippen LogP contribution in [0.2, 0.25) is 0 Å². The number of guanidine groups is 1. The van der Waals surface area contributed by atoms with Crippen molar-refractivity contribution in [1.82, 2.24) is 0 Å². The lowest BCUT2D eigenvalue weighted by molar-refractivity contribution is 0.100. The van der Waals surface area contributed by atoms with Crippen molar-refractivity contribution in [3.8, 4) is 0 Å². The van der Waals surface area contributed by atoms with E-state index < -0.39 is 15.7 Å². The lowest BCUT2D eigenvalue weighted by Gasteiger charge is -2.16. The van der Waals surface area contributed by atoms with Crippen LogP contribution in [-0.2, 0) is 9.84 Å². The minimum atomic E-state index is -3.42. The Kier molecular flexibility index (Phi) is 3.39. The Morgan fingerprint density at radius 1 is 1.25 bits per heavy atom. The highest BCUT2D eigenvalue weighted by molar-refractivity contribution is 7.91. The van der Waals surface area contributed by atoms with Crippen molar-refractivity contribution in [3.63, 3.8) is 0 Å².